The minimum absolute atomic E-state index is 0.0966. The molecule has 1 fully saturated rings. The number of aromatic nitrogens is 1. The lowest BCUT2D eigenvalue weighted by Crippen LogP contribution is -2.36. The molecule has 1 aliphatic heterocycles. The molecule has 0 bridgehead atoms. The maximum atomic E-state index is 13.6. The Morgan fingerprint density at radius 2 is 1.81 bits per heavy atom. The maximum Gasteiger partial charge on any atom is 0.209 e. The van der Waals surface area contributed by atoms with E-state index in [2.05, 4.69) is 29.2 Å². The summed E-state index contributed by atoms with van der Waals surface area (Å²) in [4.78, 5) is 3.24. The Morgan fingerprint density at radius 3 is 2.51 bits per heavy atom. The third-order valence-corrected chi connectivity index (χ3v) is 9.70. The monoisotopic (exact) mass is 518 g/mol. The number of rotatable bonds is 9. The van der Waals surface area contributed by atoms with Crippen LogP contribution in [-0.4, -0.2) is 44.0 Å². The zero-order chi connectivity index (χ0) is 25.8. The molecule has 3 aromatic rings. The minimum Gasteiger partial charge on any atom is -0.494 e. The number of allylic oxidation sites excluding steroid dienone is 4. The maximum absolute atomic E-state index is 13.6. The zero-order valence-electron chi connectivity index (χ0n) is 21.9. The summed E-state index contributed by atoms with van der Waals surface area (Å²) in [5.41, 5.74) is 1.55. The summed E-state index contributed by atoms with van der Waals surface area (Å²) in [7, 11) is -3.66. The molecule has 0 amide bonds. The van der Waals surface area contributed by atoms with Crippen LogP contribution < -0.4 is 4.74 Å². The van der Waals surface area contributed by atoms with Gasteiger partial charge in [0.25, 0.3) is 0 Å². The number of sulfone groups is 1. The van der Waals surface area contributed by atoms with Crippen LogP contribution in [0, 0.1) is 11.8 Å². The largest absolute Gasteiger partial charge is 0.494 e. The van der Waals surface area contributed by atoms with Crippen molar-refractivity contribution in [3.05, 3.63) is 84.7 Å². The molecule has 1 saturated heterocycles. The van der Waals surface area contributed by atoms with E-state index in [-0.39, 0.29) is 5.92 Å². The van der Waals surface area contributed by atoms with E-state index in [0.717, 1.165) is 30.4 Å². The third-order valence-electron chi connectivity index (χ3n) is 7.83. The van der Waals surface area contributed by atoms with Gasteiger partial charge in [-0.05, 0) is 98.5 Å². The average molecular weight is 519 g/mol. The van der Waals surface area contributed by atoms with Gasteiger partial charge in [0.15, 0.2) is 0 Å². The van der Waals surface area contributed by atoms with Gasteiger partial charge in [0.1, 0.15) is 10.6 Å². The number of likely N-dealkylation sites (tertiary alicyclic amines) is 1. The molecule has 5 nitrogen and oxygen atoms in total. The molecular formula is C31H38N2O3S. The average Bonchev–Trinajstić information content (AvgIpc) is 3.33. The van der Waals surface area contributed by atoms with Gasteiger partial charge in [0, 0.05) is 18.9 Å². The number of ether oxygens (including phenoxy) is 1. The van der Waals surface area contributed by atoms with E-state index in [9.17, 15) is 8.42 Å². The molecule has 2 aromatic heterocycles. The molecule has 2 aliphatic rings. The fourth-order valence-electron chi connectivity index (χ4n) is 5.69. The van der Waals surface area contributed by atoms with Crippen molar-refractivity contribution < 1.29 is 13.2 Å². The van der Waals surface area contributed by atoms with Crippen LogP contribution in [0.5, 0.6) is 5.75 Å². The number of fused-ring (bicyclic) bond motifs is 1. The molecule has 5 rings (SSSR count). The smallest absolute Gasteiger partial charge is 0.209 e. The van der Waals surface area contributed by atoms with Gasteiger partial charge in [-0.2, -0.15) is 0 Å². The van der Waals surface area contributed by atoms with Crippen LogP contribution >= 0.6 is 0 Å². The third kappa shape index (κ3) is 5.70. The highest BCUT2D eigenvalue weighted by Crippen LogP contribution is 2.34. The molecular weight excluding hydrogens is 480 g/mol. The summed E-state index contributed by atoms with van der Waals surface area (Å²) in [6.45, 7) is 8.05. The standard InChI is InChI=1S/C31H38N2O3S/c1-24(2)29-23-33-19-7-6-11-30(33)31(29)37(34,35)28-14-12-27(13-15-28)36-22-8-18-32-20-16-26(17-21-32)25-9-4-3-5-10-25/h3-7,9,11-15,19,23-26H,8,10,16-18,20-22H2,1-2H3. The molecule has 3 heterocycles. The van der Waals surface area contributed by atoms with E-state index in [1.165, 1.54) is 32.4 Å². The zero-order valence-corrected chi connectivity index (χ0v) is 22.7. The Balaban J connectivity index is 1.14. The number of nitrogens with zero attached hydrogens (tertiary/aromatic N) is 2. The van der Waals surface area contributed by atoms with E-state index >= 15 is 0 Å². The van der Waals surface area contributed by atoms with Crippen LogP contribution in [0.1, 0.15) is 51.0 Å². The first-order valence-corrected chi connectivity index (χ1v) is 15.0. The Kier molecular flexibility index (Phi) is 7.87. The van der Waals surface area contributed by atoms with Gasteiger partial charge in [-0.25, -0.2) is 8.42 Å². The van der Waals surface area contributed by atoms with E-state index in [1.807, 2.05) is 48.8 Å². The Bertz CT molecular complexity index is 1360. The van der Waals surface area contributed by atoms with Crippen LogP contribution in [-0.2, 0) is 9.84 Å². The van der Waals surface area contributed by atoms with Gasteiger partial charge in [0.2, 0.25) is 9.84 Å². The minimum atomic E-state index is -3.66. The number of hydrogen-bond donors (Lipinski definition) is 0. The van der Waals surface area contributed by atoms with Crippen molar-refractivity contribution in [1.29, 1.82) is 0 Å². The van der Waals surface area contributed by atoms with Crippen molar-refractivity contribution in [2.45, 2.75) is 55.2 Å². The predicted molar refractivity (Wildman–Crippen MR) is 149 cm³/mol. The van der Waals surface area contributed by atoms with Gasteiger partial charge in [-0.1, -0.05) is 44.2 Å². The first kappa shape index (κ1) is 25.8. The number of piperidine rings is 1. The van der Waals surface area contributed by atoms with Crippen molar-refractivity contribution in [1.82, 2.24) is 9.30 Å². The number of benzene rings is 1. The van der Waals surface area contributed by atoms with Crippen molar-refractivity contribution in [2.24, 2.45) is 11.8 Å². The van der Waals surface area contributed by atoms with Gasteiger partial charge in [0.05, 0.1) is 17.0 Å². The van der Waals surface area contributed by atoms with Crippen LogP contribution in [0.15, 0.2) is 89.0 Å². The van der Waals surface area contributed by atoms with Gasteiger partial charge >= 0.3 is 0 Å². The molecule has 1 unspecified atom stereocenters. The normalized spacial score (nSPS) is 19.2. The molecule has 6 heteroatoms. The molecule has 196 valence electrons. The number of pyridine rings is 1. The molecule has 0 spiro atoms. The lowest BCUT2D eigenvalue weighted by molar-refractivity contribution is 0.151. The molecule has 0 N–H and O–H groups in total. The second-order valence-corrected chi connectivity index (χ2v) is 12.5. The summed E-state index contributed by atoms with van der Waals surface area (Å²) >= 11 is 0. The van der Waals surface area contributed by atoms with Crippen LogP contribution in [0.2, 0.25) is 0 Å². The molecule has 1 aromatic carbocycles. The fourth-order valence-corrected chi connectivity index (χ4v) is 7.46. The van der Waals surface area contributed by atoms with Gasteiger partial charge in [-0.15, -0.1) is 0 Å². The molecule has 37 heavy (non-hydrogen) atoms. The highest BCUT2D eigenvalue weighted by Gasteiger charge is 2.27. The van der Waals surface area contributed by atoms with Crippen LogP contribution in [0.3, 0.4) is 0 Å². The summed E-state index contributed by atoms with van der Waals surface area (Å²) in [5.74, 6) is 2.33. The molecule has 0 saturated carbocycles. The quantitative estimate of drug-likeness (QED) is 0.303. The number of hydrogen-bond acceptors (Lipinski definition) is 4. The molecule has 1 atom stereocenters. The topological polar surface area (TPSA) is 51.0 Å². The molecule has 0 radical (unpaired) electrons. The second kappa shape index (κ2) is 11.3. The SMILES string of the molecule is CC(C)c1cn2ccccc2c1S(=O)(=O)c1ccc(OCCCN2CCC(C3C=CC=CC3)CC2)cc1. The van der Waals surface area contributed by atoms with Crippen molar-refractivity contribution in [2.75, 3.05) is 26.2 Å². The van der Waals surface area contributed by atoms with Gasteiger partial charge in [-0.3, -0.25) is 0 Å². The van der Waals surface area contributed by atoms with Crippen LogP contribution in [0.4, 0.5) is 0 Å². The highest BCUT2D eigenvalue weighted by molar-refractivity contribution is 7.91. The summed E-state index contributed by atoms with van der Waals surface area (Å²) in [5, 5.41) is 0. The summed E-state index contributed by atoms with van der Waals surface area (Å²) < 4.78 is 35.1. The second-order valence-electron chi connectivity index (χ2n) is 10.6. The Morgan fingerprint density at radius 1 is 1.03 bits per heavy atom. The predicted octanol–water partition coefficient (Wildman–Crippen LogP) is 6.51. The van der Waals surface area contributed by atoms with Crippen molar-refractivity contribution in [3.8, 4) is 5.75 Å². The van der Waals surface area contributed by atoms with Crippen molar-refractivity contribution >= 4 is 15.4 Å². The van der Waals surface area contributed by atoms with Crippen molar-refractivity contribution in [3.63, 3.8) is 0 Å². The van der Waals surface area contributed by atoms with E-state index in [0.29, 0.717) is 27.7 Å². The summed E-state index contributed by atoms with van der Waals surface area (Å²) in [6, 6.07) is 12.5. The van der Waals surface area contributed by atoms with E-state index < -0.39 is 9.84 Å². The first-order chi connectivity index (χ1) is 17.9. The van der Waals surface area contributed by atoms with E-state index in [1.54, 1.807) is 24.3 Å². The summed E-state index contributed by atoms with van der Waals surface area (Å²) in [6.07, 6.45) is 17.6. The van der Waals surface area contributed by atoms with Gasteiger partial charge < -0.3 is 14.0 Å². The molecule has 1 aliphatic carbocycles. The first-order valence-electron chi connectivity index (χ1n) is 13.6. The van der Waals surface area contributed by atoms with Crippen LogP contribution in [0.25, 0.3) is 5.52 Å². The Hall–Kier alpha value is -2.83. The van der Waals surface area contributed by atoms with E-state index in [4.69, 9.17) is 4.74 Å². The highest BCUT2D eigenvalue weighted by atomic mass is 32.2. The lowest BCUT2D eigenvalue weighted by atomic mass is 9.81. The fraction of sp³-hybridized carbons (Fsp3) is 0.419. The Labute approximate surface area is 221 Å². The lowest BCUT2D eigenvalue weighted by Gasteiger charge is -2.35.